The van der Waals surface area contributed by atoms with Crippen LogP contribution in [0.4, 0.5) is 5.69 Å². The van der Waals surface area contributed by atoms with E-state index in [9.17, 15) is 9.59 Å². The number of rotatable bonds is 4. The second-order valence-electron chi connectivity index (χ2n) is 6.06. The molecule has 0 saturated heterocycles. The number of carbonyl (C=O) groups excluding carboxylic acids is 1. The van der Waals surface area contributed by atoms with Gasteiger partial charge in [0.15, 0.2) is 0 Å². The predicted molar refractivity (Wildman–Crippen MR) is 78.8 cm³/mol. The lowest BCUT2D eigenvalue weighted by atomic mass is 9.85. The molecule has 5 heteroatoms. The molecule has 1 unspecified atom stereocenters. The Morgan fingerprint density at radius 3 is 2.40 bits per heavy atom. The van der Waals surface area contributed by atoms with Crippen molar-refractivity contribution in [1.82, 2.24) is 0 Å². The van der Waals surface area contributed by atoms with E-state index in [4.69, 9.17) is 10.8 Å². The number of carboxylic acid groups (broad SMARTS) is 1. The van der Waals surface area contributed by atoms with E-state index in [2.05, 4.69) is 5.32 Å². The van der Waals surface area contributed by atoms with E-state index in [1.807, 2.05) is 20.8 Å². The molecule has 20 heavy (non-hydrogen) atoms. The topological polar surface area (TPSA) is 92.4 Å². The van der Waals surface area contributed by atoms with Crippen LogP contribution in [-0.4, -0.2) is 23.0 Å². The summed E-state index contributed by atoms with van der Waals surface area (Å²) in [7, 11) is 0. The van der Waals surface area contributed by atoms with Crippen molar-refractivity contribution in [3.05, 3.63) is 29.3 Å². The summed E-state index contributed by atoms with van der Waals surface area (Å²) >= 11 is 0. The second kappa shape index (κ2) is 6.05. The molecule has 1 aromatic rings. The number of aromatic carboxylic acids is 1. The second-order valence-corrected chi connectivity index (χ2v) is 6.06. The molecule has 0 spiro atoms. The number of nitrogens with two attached hydrogens (primary N) is 1. The van der Waals surface area contributed by atoms with Crippen LogP contribution in [0.3, 0.4) is 0 Å². The molecule has 0 aliphatic heterocycles. The number of anilines is 1. The van der Waals surface area contributed by atoms with Gasteiger partial charge in [-0.25, -0.2) is 4.79 Å². The molecule has 0 aliphatic rings. The standard InChI is InChI=1S/C15H22N2O3/c1-9-7-10(14(19)20)5-6-11(9)17-13(18)8-12(16)15(2,3)4/h5-7,12H,8,16H2,1-4H3,(H,17,18)(H,19,20). The van der Waals surface area contributed by atoms with Gasteiger partial charge in [-0.3, -0.25) is 4.79 Å². The van der Waals surface area contributed by atoms with Gasteiger partial charge in [0.1, 0.15) is 0 Å². The summed E-state index contributed by atoms with van der Waals surface area (Å²) in [5.41, 5.74) is 7.35. The fourth-order valence-corrected chi connectivity index (χ4v) is 1.64. The first kappa shape index (κ1) is 16.2. The highest BCUT2D eigenvalue weighted by Crippen LogP contribution is 2.21. The first-order chi connectivity index (χ1) is 9.11. The van der Waals surface area contributed by atoms with Crippen LogP contribution < -0.4 is 11.1 Å². The van der Waals surface area contributed by atoms with Crippen LogP contribution in [0.1, 0.15) is 43.1 Å². The van der Waals surface area contributed by atoms with Gasteiger partial charge in [0.25, 0.3) is 0 Å². The van der Waals surface area contributed by atoms with E-state index >= 15 is 0 Å². The number of carboxylic acids is 1. The number of carbonyl (C=O) groups is 2. The lowest BCUT2D eigenvalue weighted by molar-refractivity contribution is -0.117. The lowest BCUT2D eigenvalue weighted by Crippen LogP contribution is -2.38. The van der Waals surface area contributed by atoms with Gasteiger partial charge in [0.2, 0.25) is 5.91 Å². The molecule has 0 bridgehead atoms. The Kier molecular flexibility index (Phi) is 4.89. The maximum Gasteiger partial charge on any atom is 0.335 e. The van der Waals surface area contributed by atoms with E-state index in [1.165, 1.54) is 12.1 Å². The molecule has 1 aromatic carbocycles. The Morgan fingerprint density at radius 2 is 1.95 bits per heavy atom. The monoisotopic (exact) mass is 278 g/mol. The zero-order chi connectivity index (χ0) is 15.5. The third-order valence-electron chi connectivity index (χ3n) is 3.27. The number of amides is 1. The Morgan fingerprint density at radius 1 is 1.35 bits per heavy atom. The number of hydrogen-bond acceptors (Lipinski definition) is 3. The molecule has 1 rings (SSSR count). The molecule has 5 nitrogen and oxygen atoms in total. The molecule has 0 fully saturated rings. The first-order valence-electron chi connectivity index (χ1n) is 6.50. The van der Waals surface area contributed by atoms with Crippen LogP contribution in [0.5, 0.6) is 0 Å². The number of aryl methyl sites for hydroxylation is 1. The van der Waals surface area contributed by atoms with Gasteiger partial charge in [0.05, 0.1) is 5.56 Å². The largest absolute Gasteiger partial charge is 0.478 e. The Labute approximate surface area is 119 Å². The minimum Gasteiger partial charge on any atom is -0.478 e. The SMILES string of the molecule is Cc1cc(C(=O)O)ccc1NC(=O)CC(N)C(C)(C)C. The molecule has 1 amide bonds. The molecule has 1 atom stereocenters. The highest BCUT2D eigenvalue weighted by molar-refractivity contribution is 5.93. The molecule has 0 saturated carbocycles. The molecule has 110 valence electrons. The van der Waals surface area contributed by atoms with Crippen molar-refractivity contribution in [3.8, 4) is 0 Å². The van der Waals surface area contributed by atoms with Crippen molar-refractivity contribution in [2.75, 3.05) is 5.32 Å². The summed E-state index contributed by atoms with van der Waals surface area (Å²) in [5.74, 6) is -1.15. The van der Waals surface area contributed by atoms with Crippen LogP contribution >= 0.6 is 0 Å². The number of benzene rings is 1. The molecule has 0 aromatic heterocycles. The molecular weight excluding hydrogens is 256 g/mol. The van der Waals surface area contributed by atoms with Crippen LogP contribution in [-0.2, 0) is 4.79 Å². The van der Waals surface area contributed by atoms with Gasteiger partial charge >= 0.3 is 5.97 Å². The minimum absolute atomic E-state index is 0.139. The summed E-state index contributed by atoms with van der Waals surface area (Å²) < 4.78 is 0. The zero-order valence-electron chi connectivity index (χ0n) is 12.4. The van der Waals surface area contributed by atoms with Crippen LogP contribution in [0.15, 0.2) is 18.2 Å². The maximum absolute atomic E-state index is 11.9. The van der Waals surface area contributed by atoms with Crippen molar-refractivity contribution in [2.45, 2.75) is 40.2 Å². The fourth-order valence-electron chi connectivity index (χ4n) is 1.64. The maximum atomic E-state index is 11.9. The highest BCUT2D eigenvalue weighted by atomic mass is 16.4. The predicted octanol–water partition coefficient (Wildman–Crippen LogP) is 2.40. The van der Waals surface area contributed by atoms with Crippen molar-refractivity contribution >= 4 is 17.6 Å². The van der Waals surface area contributed by atoms with E-state index in [0.29, 0.717) is 11.3 Å². The molecule has 0 aliphatic carbocycles. The summed E-state index contributed by atoms with van der Waals surface area (Å²) in [6.45, 7) is 7.71. The minimum atomic E-state index is -0.985. The average molecular weight is 278 g/mol. The number of nitrogens with one attached hydrogen (secondary N) is 1. The summed E-state index contributed by atoms with van der Waals surface area (Å²) in [6.07, 6.45) is 0.226. The number of hydrogen-bond donors (Lipinski definition) is 3. The van der Waals surface area contributed by atoms with Gasteiger partial charge in [0, 0.05) is 18.2 Å². The van der Waals surface area contributed by atoms with Crippen molar-refractivity contribution in [2.24, 2.45) is 11.1 Å². The van der Waals surface area contributed by atoms with Gasteiger partial charge < -0.3 is 16.2 Å². The Balaban J connectivity index is 2.74. The van der Waals surface area contributed by atoms with Crippen LogP contribution in [0.25, 0.3) is 0 Å². The third kappa shape index (κ3) is 4.35. The van der Waals surface area contributed by atoms with E-state index in [1.54, 1.807) is 13.0 Å². The smallest absolute Gasteiger partial charge is 0.335 e. The van der Waals surface area contributed by atoms with Gasteiger partial charge in [-0.1, -0.05) is 20.8 Å². The Hall–Kier alpha value is -1.88. The van der Waals surface area contributed by atoms with E-state index in [0.717, 1.165) is 0 Å². The summed E-state index contributed by atoms with van der Waals surface area (Å²) in [5, 5.41) is 11.7. The Bertz CT molecular complexity index is 518. The third-order valence-corrected chi connectivity index (χ3v) is 3.27. The van der Waals surface area contributed by atoms with Crippen molar-refractivity contribution in [1.29, 1.82) is 0 Å². The average Bonchev–Trinajstić information content (AvgIpc) is 2.30. The summed E-state index contributed by atoms with van der Waals surface area (Å²) in [6, 6.07) is 4.36. The highest BCUT2D eigenvalue weighted by Gasteiger charge is 2.23. The lowest BCUT2D eigenvalue weighted by Gasteiger charge is -2.26. The van der Waals surface area contributed by atoms with Gasteiger partial charge in [-0.2, -0.15) is 0 Å². The van der Waals surface area contributed by atoms with Crippen molar-refractivity contribution in [3.63, 3.8) is 0 Å². The van der Waals surface area contributed by atoms with E-state index < -0.39 is 5.97 Å². The van der Waals surface area contributed by atoms with Gasteiger partial charge in [-0.15, -0.1) is 0 Å². The molecule has 0 radical (unpaired) electrons. The van der Waals surface area contributed by atoms with Crippen molar-refractivity contribution < 1.29 is 14.7 Å². The molecular formula is C15H22N2O3. The molecule has 0 heterocycles. The summed E-state index contributed by atoms with van der Waals surface area (Å²) in [4.78, 5) is 22.8. The normalized spacial score (nSPS) is 12.8. The fraction of sp³-hybridized carbons (Fsp3) is 0.467. The van der Waals surface area contributed by atoms with Crippen LogP contribution in [0, 0.1) is 12.3 Å². The zero-order valence-corrected chi connectivity index (χ0v) is 12.4. The van der Waals surface area contributed by atoms with Gasteiger partial charge in [-0.05, 0) is 36.1 Å². The first-order valence-corrected chi connectivity index (χ1v) is 6.50. The quantitative estimate of drug-likeness (QED) is 0.788. The van der Waals surface area contributed by atoms with E-state index in [-0.39, 0.29) is 29.3 Å². The van der Waals surface area contributed by atoms with Crippen LogP contribution in [0.2, 0.25) is 0 Å². The molecule has 4 N–H and O–H groups in total.